The quantitative estimate of drug-likeness (QED) is 0.405. The van der Waals surface area contributed by atoms with Crippen molar-refractivity contribution in [1.29, 1.82) is 0 Å². The molecule has 6 nitrogen and oxygen atoms in total. The number of thiocarbonyl (C=S) groups is 1. The third-order valence-corrected chi connectivity index (χ3v) is 2.64. The van der Waals surface area contributed by atoms with Crippen LogP contribution in [0.15, 0.2) is 0 Å². The lowest BCUT2D eigenvalue weighted by molar-refractivity contribution is -0.139. The lowest BCUT2D eigenvalue weighted by atomic mass is 10.2. The van der Waals surface area contributed by atoms with E-state index in [2.05, 4.69) is 12.2 Å². The summed E-state index contributed by atoms with van der Waals surface area (Å²) < 4.78 is 29.4. The highest BCUT2D eigenvalue weighted by Gasteiger charge is 2.46. The first-order chi connectivity index (χ1) is 5.25. The van der Waals surface area contributed by atoms with Gasteiger partial charge in [0.15, 0.2) is 0 Å². The first-order valence-electron chi connectivity index (χ1n) is 2.68. The fourth-order valence-electron chi connectivity index (χ4n) is 0.427. The van der Waals surface area contributed by atoms with Crippen LogP contribution in [0.25, 0.3) is 0 Å². The first-order valence-corrected chi connectivity index (χ1v) is 4.60. The molecule has 0 spiro atoms. The topological polar surface area (TPSA) is 118 Å². The summed E-state index contributed by atoms with van der Waals surface area (Å²) >= 11 is 4.24. The van der Waals surface area contributed by atoms with Gasteiger partial charge in [-0.15, -0.1) is 0 Å². The average Bonchev–Trinajstić information content (AvgIpc) is 1.85. The third-order valence-electron chi connectivity index (χ3n) is 1.21. The van der Waals surface area contributed by atoms with Gasteiger partial charge < -0.3 is 10.8 Å². The summed E-state index contributed by atoms with van der Waals surface area (Å²) in [6, 6.07) is 0. The highest BCUT2D eigenvalue weighted by atomic mass is 32.2. The van der Waals surface area contributed by atoms with Gasteiger partial charge in [0.2, 0.25) is 4.87 Å². The minimum atomic E-state index is -4.85. The molecule has 0 heterocycles. The van der Waals surface area contributed by atoms with Crippen molar-refractivity contribution in [3.05, 3.63) is 0 Å². The van der Waals surface area contributed by atoms with Crippen LogP contribution in [0, 0.1) is 0 Å². The second kappa shape index (κ2) is 3.44. The molecule has 0 aliphatic rings. The summed E-state index contributed by atoms with van der Waals surface area (Å²) in [5.41, 5.74) is 4.89. The molecule has 1 unspecified atom stereocenters. The van der Waals surface area contributed by atoms with Crippen molar-refractivity contribution in [2.75, 3.05) is 0 Å². The van der Waals surface area contributed by atoms with Crippen LogP contribution >= 0.6 is 12.2 Å². The van der Waals surface area contributed by atoms with Gasteiger partial charge in [0.1, 0.15) is 0 Å². The van der Waals surface area contributed by atoms with Crippen LogP contribution in [-0.2, 0) is 14.9 Å². The first kappa shape index (κ1) is 11.4. The summed E-state index contributed by atoms with van der Waals surface area (Å²) in [6.45, 7) is 0. The molecule has 0 aromatic carbocycles. The van der Waals surface area contributed by atoms with Crippen molar-refractivity contribution in [2.45, 2.75) is 11.3 Å². The Kier molecular flexibility index (Phi) is 3.27. The predicted molar refractivity (Wildman–Crippen MR) is 44.4 cm³/mol. The number of carbonyl (C=O) groups is 1. The Labute approximate surface area is 74.1 Å². The molecule has 0 rings (SSSR count). The van der Waals surface area contributed by atoms with Crippen LogP contribution in [-0.4, -0.2) is 34.3 Å². The molecule has 0 aliphatic carbocycles. The number of hydrogen-bond acceptors (Lipinski definition) is 5. The van der Waals surface area contributed by atoms with Crippen molar-refractivity contribution < 1.29 is 22.9 Å². The van der Waals surface area contributed by atoms with Crippen molar-refractivity contribution in [3.63, 3.8) is 0 Å². The summed E-state index contributed by atoms with van der Waals surface area (Å²) in [5, 5.41) is 9.20. The molecule has 0 aromatic heterocycles. The normalized spacial score (nSPS) is 16.5. The Balaban J connectivity index is 5.15. The molecule has 8 heteroatoms. The SMILES string of the molecule is NC(CC=S)(C(=O)O)S(=O)(=O)O. The molecular formula is C4H7NO5S2. The van der Waals surface area contributed by atoms with E-state index >= 15 is 0 Å². The van der Waals surface area contributed by atoms with Gasteiger partial charge in [-0.1, -0.05) is 12.2 Å². The lowest BCUT2D eigenvalue weighted by Crippen LogP contribution is -2.54. The van der Waals surface area contributed by atoms with E-state index in [0.717, 1.165) is 5.37 Å². The summed E-state index contributed by atoms with van der Waals surface area (Å²) in [7, 11) is -4.85. The average molecular weight is 213 g/mol. The third kappa shape index (κ3) is 1.97. The van der Waals surface area contributed by atoms with Gasteiger partial charge in [0.05, 0.1) is 0 Å². The van der Waals surface area contributed by atoms with Crippen molar-refractivity contribution in [1.82, 2.24) is 0 Å². The van der Waals surface area contributed by atoms with E-state index in [1.165, 1.54) is 0 Å². The van der Waals surface area contributed by atoms with Crippen LogP contribution in [0.4, 0.5) is 0 Å². The van der Waals surface area contributed by atoms with Crippen LogP contribution in [0.3, 0.4) is 0 Å². The van der Waals surface area contributed by atoms with Crippen LogP contribution in [0.1, 0.15) is 6.42 Å². The number of carboxylic acid groups (broad SMARTS) is 1. The van der Waals surface area contributed by atoms with Crippen molar-refractivity contribution >= 4 is 33.7 Å². The lowest BCUT2D eigenvalue weighted by Gasteiger charge is -2.18. The number of hydrogen-bond donors (Lipinski definition) is 3. The number of nitrogens with two attached hydrogens (primary N) is 1. The fraction of sp³-hybridized carbons (Fsp3) is 0.500. The fourth-order valence-corrected chi connectivity index (χ4v) is 1.31. The smallest absolute Gasteiger partial charge is 0.342 e. The molecular weight excluding hydrogens is 206 g/mol. The molecule has 0 saturated heterocycles. The van der Waals surface area contributed by atoms with Gasteiger partial charge in [-0.25, -0.2) is 4.79 Å². The second-order valence-electron chi connectivity index (χ2n) is 2.04. The monoisotopic (exact) mass is 213 g/mol. The van der Waals surface area contributed by atoms with Gasteiger partial charge in [-0.2, -0.15) is 8.42 Å². The Hall–Kier alpha value is -0.570. The van der Waals surface area contributed by atoms with Crippen LogP contribution in [0.5, 0.6) is 0 Å². The maximum Gasteiger partial charge on any atom is 0.342 e. The summed E-state index contributed by atoms with van der Waals surface area (Å²) in [5.74, 6) is -1.84. The Morgan fingerprint density at radius 2 is 2.08 bits per heavy atom. The molecule has 0 amide bonds. The van der Waals surface area contributed by atoms with E-state index in [4.69, 9.17) is 15.4 Å². The summed E-state index contributed by atoms with van der Waals surface area (Å²) in [4.78, 5) is 7.60. The standard InChI is InChI=1S/C4H7NO5S2/c5-4(1-2-11,3(6)7)12(8,9)10/h2H,1,5H2,(H,6,7)(H,8,9,10). The molecule has 0 aromatic rings. The number of aliphatic carboxylic acids is 1. The molecule has 0 radical (unpaired) electrons. The van der Waals surface area contributed by atoms with Crippen LogP contribution in [0.2, 0.25) is 0 Å². The number of carboxylic acids is 1. The molecule has 70 valence electrons. The maximum absolute atomic E-state index is 10.5. The molecule has 0 saturated carbocycles. The zero-order chi connectivity index (χ0) is 9.99. The highest BCUT2D eigenvalue weighted by Crippen LogP contribution is 2.13. The molecule has 0 bridgehead atoms. The largest absolute Gasteiger partial charge is 0.479 e. The Bertz CT molecular complexity index is 297. The van der Waals surface area contributed by atoms with Crippen molar-refractivity contribution in [3.8, 4) is 0 Å². The number of rotatable bonds is 4. The van der Waals surface area contributed by atoms with Gasteiger partial charge >= 0.3 is 5.97 Å². The zero-order valence-corrected chi connectivity index (χ0v) is 7.43. The zero-order valence-electron chi connectivity index (χ0n) is 5.80. The van der Waals surface area contributed by atoms with E-state index < -0.39 is 27.4 Å². The van der Waals surface area contributed by atoms with Gasteiger partial charge in [0.25, 0.3) is 10.1 Å². The molecule has 12 heavy (non-hydrogen) atoms. The summed E-state index contributed by atoms with van der Waals surface area (Å²) in [6.07, 6.45) is -0.628. The van der Waals surface area contributed by atoms with Gasteiger partial charge in [0, 0.05) is 6.42 Å². The van der Waals surface area contributed by atoms with Gasteiger partial charge in [-0.05, 0) is 5.37 Å². The Morgan fingerprint density at radius 1 is 1.67 bits per heavy atom. The highest BCUT2D eigenvalue weighted by molar-refractivity contribution is 7.88. The minimum Gasteiger partial charge on any atom is -0.479 e. The minimum absolute atomic E-state index is 0.628. The van der Waals surface area contributed by atoms with Crippen LogP contribution < -0.4 is 5.73 Å². The van der Waals surface area contributed by atoms with E-state index in [1.807, 2.05) is 0 Å². The van der Waals surface area contributed by atoms with E-state index in [0.29, 0.717) is 0 Å². The molecule has 1 atom stereocenters. The molecule has 4 N–H and O–H groups in total. The maximum atomic E-state index is 10.5. The van der Waals surface area contributed by atoms with Crippen molar-refractivity contribution in [2.24, 2.45) is 5.73 Å². The van der Waals surface area contributed by atoms with E-state index in [1.54, 1.807) is 0 Å². The van der Waals surface area contributed by atoms with E-state index in [9.17, 15) is 13.2 Å². The molecule has 0 fully saturated rings. The molecule has 0 aliphatic heterocycles. The second-order valence-corrected chi connectivity index (χ2v) is 4.05. The van der Waals surface area contributed by atoms with E-state index in [-0.39, 0.29) is 0 Å². The predicted octanol–water partition coefficient (Wildman–Crippen LogP) is -0.996. The van der Waals surface area contributed by atoms with Gasteiger partial charge in [-0.3, -0.25) is 4.55 Å². The Morgan fingerprint density at radius 3 is 2.17 bits per heavy atom.